The zero-order valence-electron chi connectivity index (χ0n) is 9.71. The summed E-state index contributed by atoms with van der Waals surface area (Å²) >= 11 is 0. The molecule has 90 valence electrons. The summed E-state index contributed by atoms with van der Waals surface area (Å²) in [6.07, 6.45) is 1.53. The third-order valence-corrected chi connectivity index (χ3v) is 2.86. The van der Waals surface area contributed by atoms with E-state index >= 15 is 0 Å². The first-order chi connectivity index (χ1) is 8.66. The van der Waals surface area contributed by atoms with Gasteiger partial charge >= 0.3 is 0 Å². The van der Waals surface area contributed by atoms with Crippen LogP contribution in [0.15, 0.2) is 34.9 Å². The van der Waals surface area contributed by atoms with Crippen LogP contribution in [0.3, 0.4) is 0 Å². The number of carbonyl (C=O) groups excluding carboxylic acids is 2. The van der Waals surface area contributed by atoms with E-state index in [-0.39, 0.29) is 18.4 Å². The molecule has 0 bridgehead atoms. The maximum Gasteiger partial charge on any atom is 0.261 e. The highest BCUT2D eigenvalue weighted by Gasteiger charge is 2.35. The van der Waals surface area contributed by atoms with Crippen molar-refractivity contribution in [2.75, 3.05) is 0 Å². The molecule has 2 heterocycles. The Kier molecular flexibility index (Phi) is 2.26. The maximum atomic E-state index is 12.1. The second-order valence-electron chi connectivity index (χ2n) is 4.09. The van der Waals surface area contributed by atoms with Gasteiger partial charge < -0.3 is 4.42 Å². The van der Waals surface area contributed by atoms with Crippen LogP contribution in [0.25, 0.3) is 0 Å². The number of benzene rings is 1. The van der Waals surface area contributed by atoms with Crippen molar-refractivity contribution in [3.63, 3.8) is 0 Å². The fraction of sp³-hybridized carbons (Fsp3) is 0.154. The molecule has 1 aromatic carbocycles. The Labute approximate surface area is 103 Å². The van der Waals surface area contributed by atoms with Gasteiger partial charge in [0.25, 0.3) is 11.8 Å². The predicted octanol–water partition coefficient (Wildman–Crippen LogP) is 1.78. The fourth-order valence-electron chi connectivity index (χ4n) is 2.02. The first-order valence-electron chi connectivity index (χ1n) is 5.53. The molecule has 0 spiro atoms. The van der Waals surface area contributed by atoms with E-state index in [0.717, 1.165) is 0 Å². The van der Waals surface area contributed by atoms with Gasteiger partial charge in [0.05, 0.1) is 23.9 Å². The highest BCUT2D eigenvalue weighted by molar-refractivity contribution is 6.21. The Morgan fingerprint density at radius 1 is 1.17 bits per heavy atom. The van der Waals surface area contributed by atoms with Crippen molar-refractivity contribution in [2.45, 2.75) is 13.5 Å². The minimum absolute atomic E-state index is 0.118. The van der Waals surface area contributed by atoms with Crippen LogP contribution in [-0.4, -0.2) is 21.7 Å². The van der Waals surface area contributed by atoms with E-state index in [4.69, 9.17) is 4.42 Å². The van der Waals surface area contributed by atoms with Crippen molar-refractivity contribution in [1.82, 2.24) is 9.88 Å². The lowest BCUT2D eigenvalue weighted by molar-refractivity contribution is 0.0631. The van der Waals surface area contributed by atoms with Gasteiger partial charge in [-0.3, -0.25) is 14.5 Å². The van der Waals surface area contributed by atoms with Crippen LogP contribution < -0.4 is 0 Å². The smallest absolute Gasteiger partial charge is 0.261 e. The number of rotatable bonds is 2. The molecule has 2 aromatic rings. The summed E-state index contributed by atoms with van der Waals surface area (Å²) in [6.45, 7) is 1.83. The molecule has 0 N–H and O–H groups in total. The Balaban J connectivity index is 1.92. The van der Waals surface area contributed by atoms with E-state index in [1.165, 1.54) is 11.1 Å². The van der Waals surface area contributed by atoms with Gasteiger partial charge in [-0.05, 0) is 12.1 Å². The molecular formula is C13H10N2O3. The van der Waals surface area contributed by atoms with Gasteiger partial charge in [-0.25, -0.2) is 4.98 Å². The zero-order valence-corrected chi connectivity index (χ0v) is 9.71. The third kappa shape index (κ3) is 1.52. The Hall–Kier alpha value is -2.43. The summed E-state index contributed by atoms with van der Waals surface area (Å²) in [5.74, 6) is 0.443. The van der Waals surface area contributed by atoms with Crippen LogP contribution in [0.4, 0.5) is 0 Å². The molecule has 0 radical (unpaired) electrons. The standard InChI is InChI=1S/C13H10N2O3/c1-8-14-6-9(18-8)7-15-12(16)10-4-2-3-5-11(10)13(15)17/h2-6H,7H2,1H3. The van der Waals surface area contributed by atoms with Crippen LogP contribution >= 0.6 is 0 Å². The van der Waals surface area contributed by atoms with Gasteiger partial charge in [-0.2, -0.15) is 0 Å². The van der Waals surface area contributed by atoms with Gasteiger partial charge in [0.15, 0.2) is 5.89 Å². The summed E-state index contributed by atoms with van der Waals surface area (Å²) in [5.41, 5.74) is 0.887. The van der Waals surface area contributed by atoms with E-state index in [1.54, 1.807) is 31.2 Å². The molecule has 0 unspecified atom stereocenters. The molecular weight excluding hydrogens is 232 g/mol. The number of imide groups is 1. The fourth-order valence-corrected chi connectivity index (χ4v) is 2.02. The first kappa shape index (κ1) is 10.7. The summed E-state index contributed by atoms with van der Waals surface area (Å²) < 4.78 is 5.28. The molecule has 5 heteroatoms. The van der Waals surface area contributed by atoms with Crippen LogP contribution in [0.2, 0.25) is 0 Å². The summed E-state index contributed by atoms with van der Waals surface area (Å²) in [6, 6.07) is 6.79. The number of carbonyl (C=O) groups is 2. The molecule has 5 nitrogen and oxygen atoms in total. The second-order valence-corrected chi connectivity index (χ2v) is 4.09. The first-order valence-corrected chi connectivity index (χ1v) is 5.53. The number of hydrogen-bond acceptors (Lipinski definition) is 4. The predicted molar refractivity (Wildman–Crippen MR) is 61.9 cm³/mol. The number of hydrogen-bond donors (Lipinski definition) is 0. The van der Waals surface area contributed by atoms with Gasteiger partial charge in [0, 0.05) is 6.92 Å². The summed E-state index contributed by atoms with van der Waals surface area (Å²) in [4.78, 5) is 29.2. The third-order valence-electron chi connectivity index (χ3n) is 2.86. The number of oxazole rings is 1. The lowest BCUT2D eigenvalue weighted by Crippen LogP contribution is -2.28. The Bertz CT molecular complexity index is 610. The molecule has 2 amide bonds. The average molecular weight is 242 g/mol. The highest BCUT2D eigenvalue weighted by atomic mass is 16.4. The molecule has 0 atom stereocenters. The molecule has 18 heavy (non-hydrogen) atoms. The summed E-state index contributed by atoms with van der Waals surface area (Å²) in [5, 5.41) is 0. The number of nitrogens with zero attached hydrogens (tertiary/aromatic N) is 2. The van der Waals surface area contributed by atoms with Crippen LogP contribution in [-0.2, 0) is 6.54 Å². The molecule has 0 aliphatic carbocycles. The number of fused-ring (bicyclic) bond motifs is 1. The lowest BCUT2D eigenvalue weighted by Gasteiger charge is -2.10. The molecule has 1 aromatic heterocycles. The molecule has 1 aliphatic heterocycles. The number of aromatic nitrogens is 1. The highest BCUT2D eigenvalue weighted by Crippen LogP contribution is 2.24. The zero-order chi connectivity index (χ0) is 12.7. The lowest BCUT2D eigenvalue weighted by atomic mass is 10.1. The quantitative estimate of drug-likeness (QED) is 0.753. The van der Waals surface area contributed by atoms with Crippen LogP contribution in [0.1, 0.15) is 32.4 Å². The largest absolute Gasteiger partial charge is 0.444 e. The van der Waals surface area contributed by atoms with Crippen molar-refractivity contribution in [3.05, 3.63) is 53.2 Å². The van der Waals surface area contributed by atoms with Gasteiger partial charge in [-0.15, -0.1) is 0 Å². The minimum Gasteiger partial charge on any atom is -0.444 e. The summed E-state index contributed by atoms with van der Waals surface area (Å²) in [7, 11) is 0. The van der Waals surface area contributed by atoms with Gasteiger partial charge in [0.2, 0.25) is 0 Å². The molecule has 0 saturated heterocycles. The second kappa shape index (κ2) is 3.80. The van der Waals surface area contributed by atoms with Crippen LogP contribution in [0, 0.1) is 6.92 Å². The average Bonchev–Trinajstić information content (AvgIpc) is 2.88. The topological polar surface area (TPSA) is 63.4 Å². The maximum absolute atomic E-state index is 12.1. The molecule has 1 aliphatic rings. The van der Waals surface area contributed by atoms with Crippen molar-refractivity contribution in [1.29, 1.82) is 0 Å². The molecule has 0 fully saturated rings. The van der Waals surface area contributed by atoms with E-state index in [1.807, 2.05) is 0 Å². The Morgan fingerprint density at radius 3 is 2.28 bits per heavy atom. The van der Waals surface area contributed by atoms with Gasteiger partial charge in [0.1, 0.15) is 5.76 Å². The normalized spacial score (nSPS) is 14.2. The molecule has 0 saturated carbocycles. The van der Waals surface area contributed by atoms with Crippen molar-refractivity contribution in [3.8, 4) is 0 Å². The van der Waals surface area contributed by atoms with Crippen LogP contribution in [0.5, 0.6) is 0 Å². The SMILES string of the molecule is Cc1ncc(CN2C(=O)c3ccccc3C2=O)o1. The van der Waals surface area contributed by atoms with Crippen molar-refractivity contribution >= 4 is 11.8 Å². The minimum atomic E-state index is -0.287. The van der Waals surface area contributed by atoms with Crippen molar-refractivity contribution in [2.24, 2.45) is 0 Å². The van der Waals surface area contributed by atoms with E-state index in [0.29, 0.717) is 22.8 Å². The monoisotopic (exact) mass is 242 g/mol. The number of amides is 2. The van der Waals surface area contributed by atoms with Gasteiger partial charge in [-0.1, -0.05) is 12.1 Å². The van der Waals surface area contributed by atoms with E-state index < -0.39 is 0 Å². The van der Waals surface area contributed by atoms with E-state index in [9.17, 15) is 9.59 Å². The Morgan fingerprint density at radius 2 is 1.78 bits per heavy atom. The van der Waals surface area contributed by atoms with Crippen molar-refractivity contribution < 1.29 is 14.0 Å². The van der Waals surface area contributed by atoms with E-state index in [2.05, 4.69) is 4.98 Å². The molecule has 3 rings (SSSR count). The number of aryl methyl sites for hydroxylation is 1.